The lowest BCUT2D eigenvalue weighted by molar-refractivity contribution is 0.1000. The van der Waals surface area contributed by atoms with Gasteiger partial charge < -0.3 is 11.1 Å². The van der Waals surface area contributed by atoms with Crippen molar-refractivity contribution in [1.29, 1.82) is 0 Å². The van der Waals surface area contributed by atoms with E-state index >= 15 is 0 Å². The SMILES string of the molecule is Cc1cc(C(N)=O)ccc1NCc1cc(Cl)cs1. The van der Waals surface area contributed by atoms with Crippen LogP contribution in [0.1, 0.15) is 20.8 Å². The summed E-state index contributed by atoms with van der Waals surface area (Å²) in [7, 11) is 0. The molecular formula is C13H13ClN2OS. The number of benzene rings is 1. The molecule has 0 aliphatic rings. The summed E-state index contributed by atoms with van der Waals surface area (Å²) in [4.78, 5) is 12.2. The van der Waals surface area contributed by atoms with Crippen molar-refractivity contribution in [3.8, 4) is 0 Å². The van der Waals surface area contributed by atoms with Crippen molar-refractivity contribution in [2.45, 2.75) is 13.5 Å². The van der Waals surface area contributed by atoms with Crippen LogP contribution in [0.4, 0.5) is 5.69 Å². The summed E-state index contributed by atoms with van der Waals surface area (Å²) < 4.78 is 0. The van der Waals surface area contributed by atoms with Crippen molar-refractivity contribution >= 4 is 34.5 Å². The number of nitrogens with one attached hydrogen (secondary N) is 1. The maximum absolute atomic E-state index is 11.0. The van der Waals surface area contributed by atoms with E-state index in [9.17, 15) is 4.79 Å². The van der Waals surface area contributed by atoms with Crippen LogP contribution in [0.5, 0.6) is 0 Å². The highest BCUT2D eigenvalue weighted by molar-refractivity contribution is 7.10. The maximum Gasteiger partial charge on any atom is 0.248 e. The lowest BCUT2D eigenvalue weighted by Crippen LogP contribution is -2.11. The van der Waals surface area contributed by atoms with Gasteiger partial charge in [0.05, 0.1) is 5.02 Å². The van der Waals surface area contributed by atoms with Crippen LogP contribution in [0.15, 0.2) is 29.6 Å². The van der Waals surface area contributed by atoms with Gasteiger partial charge in [-0.05, 0) is 36.8 Å². The minimum absolute atomic E-state index is 0.408. The predicted octanol–water partition coefficient (Wildman–Crippen LogP) is 3.42. The molecule has 0 aliphatic carbocycles. The van der Waals surface area contributed by atoms with Crippen LogP contribution in [-0.2, 0) is 6.54 Å². The van der Waals surface area contributed by atoms with E-state index in [-0.39, 0.29) is 0 Å². The maximum atomic E-state index is 11.0. The van der Waals surface area contributed by atoms with E-state index in [2.05, 4.69) is 5.32 Å². The minimum atomic E-state index is -0.408. The molecule has 1 aromatic carbocycles. The number of primary amides is 1. The van der Waals surface area contributed by atoms with Gasteiger partial charge in [-0.15, -0.1) is 11.3 Å². The van der Waals surface area contributed by atoms with Gasteiger partial charge in [-0.1, -0.05) is 11.6 Å². The Hall–Kier alpha value is -1.52. The molecule has 0 saturated carbocycles. The lowest BCUT2D eigenvalue weighted by atomic mass is 10.1. The molecule has 1 aromatic heterocycles. The molecule has 18 heavy (non-hydrogen) atoms. The molecule has 1 amide bonds. The first-order chi connectivity index (χ1) is 8.56. The van der Waals surface area contributed by atoms with Crippen LogP contribution in [0.2, 0.25) is 5.02 Å². The van der Waals surface area contributed by atoms with Gasteiger partial charge in [0.25, 0.3) is 0 Å². The first-order valence-corrected chi connectivity index (χ1v) is 6.69. The molecule has 0 bridgehead atoms. The predicted molar refractivity (Wildman–Crippen MR) is 76.4 cm³/mol. The zero-order valence-corrected chi connectivity index (χ0v) is 11.4. The number of carbonyl (C=O) groups is 1. The molecular weight excluding hydrogens is 268 g/mol. The zero-order valence-electron chi connectivity index (χ0n) is 9.87. The van der Waals surface area contributed by atoms with Gasteiger partial charge in [0.2, 0.25) is 5.91 Å². The largest absolute Gasteiger partial charge is 0.380 e. The van der Waals surface area contributed by atoms with Crippen LogP contribution in [0.3, 0.4) is 0 Å². The Labute approximate surface area is 115 Å². The topological polar surface area (TPSA) is 55.1 Å². The van der Waals surface area contributed by atoms with E-state index in [1.54, 1.807) is 23.5 Å². The molecule has 2 rings (SSSR count). The standard InChI is InChI=1S/C13H13ClN2OS/c1-8-4-9(13(15)17)2-3-12(8)16-6-11-5-10(14)7-18-11/h2-5,7,16H,6H2,1H3,(H2,15,17). The highest BCUT2D eigenvalue weighted by atomic mass is 35.5. The summed E-state index contributed by atoms with van der Waals surface area (Å²) in [6.07, 6.45) is 0. The monoisotopic (exact) mass is 280 g/mol. The summed E-state index contributed by atoms with van der Waals surface area (Å²) in [5.41, 5.74) is 7.74. The third kappa shape index (κ3) is 3.03. The van der Waals surface area contributed by atoms with E-state index in [0.717, 1.165) is 16.3 Å². The Kier molecular flexibility index (Phi) is 3.89. The first-order valence-electron chi connectivity index (χ1n) is 5.43. The smallest absolute Gasteiger partial charge is 0.248 e. The number of hydrogen-bond donors (Lipinski definition) is 2. The molecule has 3 nitrogen and oxygen atoms in total. The van der Waals surface area contributed by atoms with Crippen LogP contribution in [0, 0.1) is 6.92 Å². The average Bonchev–Trinajstić information content (AvgIpc) is 2.73. The van der Waals surface area contributed by atoms with Crippen molar-refractivity contribution < 1.29 is 4.79 Å². The molecule has 5 heteroatoms. The number of carbonyl (C=O) groups excluding carboxylic acids is 1. The molecule has 2 aromatic rings. The van der Waals surface area contributed by atoms with Crippen molar-refractivity contribution in [1.82, 2.24) is 0 Å². The molecule has 3 N–H and O–H groups in total. The third-order valence-electron chi connectivity index (χ3n) is 2.59. The van der Waals surface area contributed by atoms with Crippen LogP contribution in [0.25, 0.3) is 0 Å². The van der Waals surface area contributed by atoms with Crippen LogP contribution >= 0.6 is 22.9 Å². The van der Waals surface area contributed by atoms with E-state index in [4.69, 9.17) is 17.3 Å². The molecule has 0 unspecified atom stereocenters. The summed E-state index contributed by atoms with van der Waals surface area (Å²) in [6, 6.07) is 7.31. The average molecular weight is 281 g/mol. The van der Waals surface area contributed by atoms with Gasteiger partial charge in [0.1, 0.15) is 0 Å². The van der Waals surface area contributed by atoms with Crippen molar-refractivity contribution in [3.63, 3.8) is 0 Å². The molecule has 0 spiro atoms. The minimum Gasteiger partial charge on any atom is -0.380 e. The molecule has 0 fully saturated rings. The van der Waals surface area contributed by atoms with Crippen LogP contribution < -0.4 is 11.1 Å². The fraction of sp³-hybridized carbons (Fsp3) is 0.154. The lowest BCUT2D eigenvalue weighted by Gasteiger charge is -2.09. The number of aryl methyl sites for hydroxylation is 1. The van der Waals surface area contributed by atoms with Crippen molar-refractivity contribution in [3.05, 3.63) is 50.7 Å². The fourth-order valence-corrected chi connectivity index (χ4v) is 2.66. The summed E-state index contributed by atoms with van der Waals surface area (Å²) in [5.74, 6) is -0.408. The number of rotatable bonds is 4. The number of thiophene rings is 1. The Morgan fingerprint density at radius 2 is 2.22 bits per heavy atom. The van der Waals surface area contributed by atoms with Crippen LogP contribution in [-0.4, -0.2) is 5.91 Å². The highest BCUT2D eigenvalue weighted by Crippen LogP contribution is 2.22. The Morgan fingerprint density at radius 3 is 2.78 bits per heavy atom. The normalized spacial score (nSPS) is 10.3. The molecule has 94 valence electrons. The van der Waals surface area contributed by atoms with Crippen molar-refractivity contribution in [2.24, 2.45) is 5.73 Å². The zero-order chi connectivity index (χ0) is 13.1. The summed E-state index contributed by atoms with van der Waals surface area (Å²) in [6.45, 7) is 2.66. The van der Waals surface area contributed by atoms with E-state index in [0.29, 0.717) is 12.1 Å². The fourth-order valence-electron chi connectivity index (χ4n) is 1.64. The van der Waals surface area contributed by atoms with E-state index in [1.807, 2.05) is 24.4 Å². The third-order valence-corrected chi connectivity index (χ3v) is 3.87. The number of hydrogen-bond acceptors (Lipinski definition) is 3. The number of anilines is 1. The van der Waals surface area contributed by atoms with E-state index < -0.39 is 5.91 Å². The van der Waals surface area contributed by atoms with E-state index in [1.165, 1.54) is 4.88 Å². The quantitative estimate of drug-likeness (QED) is 0.902. The Bertz CT molecular complexity index is 580. The summed E-state index contributed by atoms with van der Waals surface area (Å²) in [5, 5.41) is 5.97. The van der Waals surface area contributed by atoms with Gasteiger partial charge in [0, 0.05) is 28.1 Å². The first kappa shape index (κ1) is 12.9. The Balaban J connectivity index is 2.08. The molecule has 0 atom stereocenters. The van der Waals surface area contributed by atoms with Gasteiger partial charge in [0.15, 0.2) is 0 Å². The second-order valence-electron chi connectivity index (χ2n) is 3.98. The summed E-state index contributed by atoms with van der Waals surface area (Å²) >= 11 is 7.47. The van der Waals surface area contributed by atoms with Crippen molar-refractivity contribution in [2.75, 3.05) is 5.32 Å². The molecule has 0 saturated heterocycles. The van der Waals surface area contributed by atoms with Gasteiger partial charge >= 0.3 is 0 Å². The second kappa shape index (κ2) is 5.42. The number of nitrogens with two attached hydrogens (primary N) is 1. The van der Waals surface area contributed by atoms with Gasteiger partial charge in [-0.3, -0.25) is 4.79 Å². The molecule has 0 aliphatic heterocycles. The highest BCUT2D eigenvalue weighted by Gasteiger charge is 2.04. The number of halogens is 1. The van der Waals surface area contributed by atoms with Gasteiger partial charge in [-0.2, -0.15) is 0 Å². The second-order valence-corrected chi connectivity index (χ2v) is 5.41. The molecule has 0 radical (unpaired) electrons. The molecule has 1 heterocycles. The van der Waals surface area contributed by atoms with Gasteiger partial charge in [-0.25, -0.2) is 0 Å². The number of amides is 1. The Morgan fingerprint density at radius 1 is 1.44 bits per heavy atom.